The summed E-state index contributed by atoms with van der Waals surface area (Å²) in [5.74, 6) is 1.30. The van der Waals surface area contributed by atoms with Crippen LogP contribution in [0.1, 0.15) is 0 Å². The fourth-order valence-corrected chi connectivity index (χ4v) is 7.49. The predicted octanol–water partition coefficient (Wildman–Crippen LogP) is 13.4. The van der Waals surface area contributed by atoms with E-state index in [1.807, 2.05) is 54.6 Å². The standard InChI is InChI=1S/C51H33N3O/c1-4-16-37(17-5-1)45-33-46(38-18-6-2-7-19-38)53-50(52-45)44-24-13-12-23-43(44)48-40-22-11-10-15-34(40)31-32-41(48)35-27-29-36(30-28-35)42-25-14-26-47-49(42)54-51(55-47)39-20-8-3-9-21-39/h1-33H. The lowest BCUT2D eigenvalue weighted by Crippen LogP contribution is -1.98. The fraction of sp³-hybridized carbons (Fsp3) is 0. The van der Waals surface area contributed by atoms with Gasteiger partial charge < -0.3 is 4.42 Å². The molecule has 10 rings (SSSR count). The molecular weight excluding hydrogens is 671 g/mol. The van der Waals surface area contributed by atoms with Crippen molar-refractivity contribution < 1.29 is 4.42 Å². The molecule has 0 aliphatic carbocycles. The largest absolute Gasteiger partial charge is 0.436 e. The first kappa shape index (κ1) is 32.2. The van der Waals surface area contributed by atoms with Crippen molar-refractivity contribution in [2.75, 3.05) is 0 Å². The van der Waals surface area contributed by atoms with Gasteiger partial charge in [0.05, 0.1) is 11.4 Å². The maximum atomic E-state index is 6.21. The molecule has 0 amide bonds. The number of hydrogen-bond donors (Lipinski definition) is 0. The lowest BCUT2D eigenvalue weighted by atomic mass is 9.87. The summed E-state index contributed by atoms with van der Waals surface area (Å²) in [4.78, 5) is 15.4. The third-order valence-electron chi connectivity index (χ3n) is 10.2. The second-order valence-electron chi connectivity index (χ2n) is 13.6. The molecule has 0 saturated carbocycles. The Balaban J connectivity index is 1.12. The van der Waals surface area contributed by atoms with Crippen LogP contribution in [0.5, 0.6) is 0 Å². The quantitative estimate of drug-likeness (QED) is 0.166. The Labute approximate surface area is 319 Å². The van der Waals surface area contributed by atoms with Gasteiger partial charge in [0.1, 0.15) is 5.52 Å². The third kappa shape index (κ3) is 6.06. The molecule has 258 valence electrons. The summed E-state index contributed by atoms with van der Waals surface area (Å²) in [6.45, 7) is 0. The van der Waals surface area contributed by atoms with E-state index in [1.54, 1.807) is 0 Å². The van der Waals surface area contributed by atoms with E-state index >= 15 is 0 Å². The first-order chi connectivity index (χ1) is 27.3. The van der Waals surface area contributed by atoms with Gasteiger partial charge >= 0.3 is 0 Å². The van der Waals surface area contributed by atoms with E-state index in [9.17, 15) is 0 Å². The smallest absolute Gasteiger partial charge is 0.227 e. The number of rotatable bonds is 7. The van der Waals surface area contributed by atoms with Crippen LogP contribution in [0.4, 0.5) is 0 Å². The Kier molecular flexibility index (Phi) is 8.12. The highest BCUT2D eigenvalue weighted by Crippen LogP contribution is 2.43. The summed E-state index contributed by atoms with van der Waals surface area (Å²) in [7, 11) is 0. The predicted molar refractivity (Wildman–Crippen MR) is 225 cm³/mol. The molecule has 8 aromatic carbocycles. The van der Waals surface area contributed by atoms with Crippen LogP contribution >= 0.6 is 0 Å². The molecule has 0 aliphatic rings. The molecule has 0 spiro atoms. The first-order valence-corrected chi connectivity index (χ1v) is 18.4. The van der Waals surface area contributed by atoms with Crippen molar-refractivity contribution in [2.45, 2.75) is 0 Å². The molecule has 0 unspecified atom stereocenters. The van der Waals surface area contributed by atoms with Gasteiger partial charge in [-0.05, 0) is 62.9 Å². The summed E-state index contributed by atoms with van der Waals surface area (Å²) in [5, 5.41) is 2.34. The summed E-state index contributed by atoms with van der Waals surface area (Å²) in [6.07, 6.45) is 0. The van der Waals surface area contributed by atoms with Crippen LogP contribution in [-0.4, -0.2) is 15.0 Å². The minimum absolute atomic E-state index is 0.619. The van der Waals surface area contributed by atoms with Gasteiger partial charge in [0.2, 0.25) is 5.89 Å². The Bertz CT molecular complexity index is 2900. The molecule has 2 aromatic heterocycles. The van der Waals surface area contributed by atoms with E-state index in [1.165, 1.54) is 10.8 Å². The second kappa shape index (κ2) is 13.8. The minimum atomic E-state index is 0.619. The van der Waals surface area contributed by atoms with Crippen LogP contribution in [0.25, 0.3) is 101 Å². The van der Waals surface area contributed by atoms with Crippen molar-refractivity contribution in [2.24, 2.45) is 0 Å². The van der Waals surface area contributed by atoms with Crippen molar-refractivity contribution in [3.05, 3.63) is 200 Å². The molecule has 0 saturated heterocycles. The Morgan fingerprint density at radius 3 is 1.56 bits per heavy atom. The maximum Gasteiger partial charge on any atom is 0.227 e. The normalized spacial score (nSPS) is 11.3. The van der Waals surface area contributed by atoms with Gasteiger partial charge in [-0.1, -0.05) is 176 Å². The number of para-hydroxylation sites is 1. The Morgan fingerprint density at radius 2 is 0.891 bits per heavy atom. The number of fused-ring (bicyclic) bond motifs is 2. The van der Waals surface area contributed by atoms with Gasteiger partial charge in [0.15, 0.2) is 11.4 Å². The monoisotopic (exact) mass is 703 g/mol. The Morgan fingerprint density at radius 1 is 0.345 bits per heavy atom. The Hall–Kier alpha value is -7.43. The van der Waals surface area contributed by atoms with Crippen LogP contribution in [0, 0.1) is 0 Å². The highest BCUT2D eigenvalue weighted by atomic mass is 16.3. The lowest BCUT2D eigenvalue weighted by molar-refractivity contribution is 0.620. The van der Waals surface area contributed by atoms with Crippen molar-refractivity contribution in [3.8, 4) is 78.7 Å². The van der Waals surface area contributed by atoms with Gasteiger partial charge in [-0.25, -0.2) is 15.0 Å². The van der Waals surface area contributed by atoms with Crippen molar-refractivity contribution in [1.29, 1.82) is 0 Å². The molecule has 55 heavy (non-hydrogen) atoms. The van der Waals surface area contributed by atoms with E-state index in [0.717, 1.165) is 78.1 Å². The van der Waals surface area contributed by atoms with Crippen molar-refractivity contribution in [1.82, 2.24) is 15.0 Å². The SMILES string of the molecule is c1ccc(-c2cc(-c3ccccc3)nc(-c3ccccc3-c3c(-c4ccc(-c5cccc6oc(-c7ccccc7)nc56)cc4)ccc4ccccc34)n2)cc1. The maximum absolute atomic E-state index is 6.21. The zero-order valence-corrected chi connectivity index (χ0v) is 29.8. The third-order valence-corrected chi connectivity index (χ3v) is 10.2. The van der Waals surface area contributed by atoms with Gasteiger partial charge in [-0.2, -0.15) is 0 Å². The van der Waals surface area contributed by atoms with Gasteiger partial charge in [-0.3, -0.25) is 0 Å². The van der Waals surface area contributed by atoms with Gasteiger partial charge in [-0.15, -0.1) is 0 Å². The molecule has 0 N–H and O–H groups in total. The first-order valence-electron chi connectivity index (χ1n) is 18.4. The van der Waals surface area contributed by atoms with Crippen molar-refractivity contribution in [3.63, 3.8) is 0 Å². The highest BCUT2D eigenvalue weighted by Gasteiger charge is 2.20. The van der Waals surface area contributed by atoms with Crippen LogP contribution in [0.2, 0.25) is 0 Å². The molecule has 4 nitrogen and oxygen atoms in total. The molecule has 0 atom stereocenters. The molecule has 0 bridgehead atoms. The molecule has 4 heteroatoms. The molecular formula is C51H33N3O. The molecule has 10 aromatic rings. The fourth-order valence-electron chi connectivity index (χ4n) is 7.49. The zero-order valence-electron chi connectivity index (χ0n) is 29.8. The highest BCUT2D eigenvalue weighted by molar-refractivity contribution is 6.07. The average Bonchev–Trinajstić information content (AvgIpc) is 3.72. The minimum Gasteiger partial charge on any atom is -0.436 e. The number of oxazole rings is 1. The van der Waals surface area contributed by atoms with Crippen LogP contribution in [0.15, 0.2) is 205 Å². The molecule has 2 heterocycles. The van der Waals surface area contributed by atoms with E-state index in [4.69, 9.17) is 19.4 Å². The molecule has 0 aliphatic heterocycles. The number of nitrogens with zero attached hydrogens (tertiary/aromatic N) is 3. The summed E-state index contributed by atoms with van der Waals surface area (Å²) >= 11 is 0. The van der Waals surface area contributed by atoms with Gasteiger partial charge in [0.25, 0.3) is 0 Å². The van der Waals surface area contributed by atoms with E-state index < -0.39 is 0 Å². The lowest BCUT2D eigenvalue weighted by Gasteiger charge is -2.18. The van der Waals surface area contributed by atoms with Crippen LogP contribution in [-0.2, 0) is 0 Å². The summed E-state index contributed by atoms with van der Waals surface area (Å²) in [6, 6.07) is 69.3. The van der Waals surface area contributed by atoms with E-state index in [2.05, 4.69) is 146 Å². The number of benzene rings is 8. The van der Waals surface area contributed by atoms with Gasteiger partial charge in [0, 0.05) is 27.8 Å². The average molecular weight is 704 g/mol. The topological polar surface area (TPSA) is 51.8 Å². The van der Waals surface area contributed by atoms with Crippen LogP contribution in [0.3, 0.4) is 0 Å². The number of hydrogen-bond acceptors (Lipinski definition) is 4. The molecule has 0 radical (unpaired) electrons. The van der Waals surface area contributed by atoms with E-state index in [-0.39, 0.29) is 0 Å². The second-order valence-corrected chi connectivity index (χ2v) is 13.6. The van der Waals surface area contributed by atoms with Crippen LogP contribution < -0.4 is 0 Å². The summed E-state index contributed by atoms with van der Waals surface area (Å²) < 4.78 is 6.21. The summed E-state index contributed by atoms with van der Waals surface area (Å²) in [5.41, 5.74) is 14.0. The zero-order chi connectivity index (χ0) is 36.6. The van der Waals surface area contributed by atoms with E-state index in [0.29, 0.717) is 11.7 Å². The molecule has 0 fully saturated rings. The number of aromatic nitrogens is 3. The van der Waals surface area contributed by atoms with Crippen molar-refractivity contribution >= 4 is 21.9 Å².